The van der Waals surface area contributed by atoms with Crippen molar-refractivity contribution in [3.63, 3.8) is 0 Å². The zero-order valence-corrected chi connectivity index (χ0v) is 11.6. The third-order valence-electron chi connectivity index (χ3n) is 3.70. The number of hydrogen-bond donors (Lipinski definition) is 1. The van der Waals surface area contributed by atoms with Crippen molar-refractivity contribution in [2.45, 2.75) is 31.8 Å². The van der Waals surface area contributed by atoms with Gasteiger partial charge in [0.15, 0.2) is 9.84 Å². The second kappa shape index (κ2) is 4.99. The monoisotopic (exact) mass is 290 g/mol. The van der Waals surface area contributed by atoms with Crippen LogP contribution in [0.2, 0.25) is 0 Å². The van der Waals surface area contributed by atoms with Gasteiger partial charge in [-0.1, -0.05) is 0 Å². The molecule has 2 rings (SSSR count). The van der Waals surface area contributed by atoms with Crippen LogP contribution < -0.4 is 0 Å². The van der Waals surface area contributed by atoms with E-state index in [0.717, 1.165) is 0 Å². The van der Waals surface area contributed by atoms with E-state index < -0.39 is 27.9 Å². The molecule has 0 bridgehead atoms. The molecule has 2 heterocycles. The van der Waals surface area contributed by atoms with Gasteiger partial charge in [0.25, 0.3) is 0 Å². The van der Waals surface area contributed by atoms with Crippen molar-refractivity contribution in [3.8, 4) is 0 Å². The van der Waals surface area contributed by atoms with E-state index in [9.17, 15) is 18.0 Å². The fourth-order valence-corrected chi connectivity index (χ4v) is 4.26. The van der Waals surface area contributed by atoms with Gasteiger partial charge in [0, 0.05) is 19.1 Å². The minimum absolute atomic E-state index is 0.0470. The molecule has 1 N–H and O–H groups in total. The fourth-order valence-electron chi connectivity index (χ4n) is 2.70. The molecule has 2 aliphatic rings. The zero-order chi connectivity index (χ0) is 14.2. The van der Waals surface area contributed by atoms with Crippen LogP contribution in [-0.4, -0.2) is 72.0 Å². The normalized spacial score (nSPS) is 30.4. The maximum absolute atomic E-state index is 12.3. The molecule has 2 saturated heterocycles. The lowest BCUT2D eigenvalue weighted by Crippen LogP contribution is -2.56. The highest BCUT2D eigenvalue weighted by Crippen LogP contribution is 2.22. The minimum Gasteiger partial charge on any atom is -0.480 e. The molecule has 0 radical (unpaired) electrons. The number of carbonyl (C=O) groups is 2. The molecule has 2 aliphatic heterocycles. The molecule has 108 valence electrons. The van der Waals surface area contributed by atoms with Crippen LogP contribution in [0.25, 0.3) is 0 Å². The Morgan fingerprint density at radius 2 is 1.89 bits per heavy atom. The topological polar surface area (TPSA) is 95.0 Å². The Bertz CT molecular complexity index is 489. The number of hydrogen-bond acceptors (Lipinski definition) is 4. The van der Waals surface area contributed by atoms with Crippen LogP contribution in [0.5, 0.6) is 0 Å². The van der Waals surface area contributed by atoms with Crippen molar-refractivity contribution in [1.29, 1.82) is 0 Å². The number of urea groups is 1. The van der Waals surface area contributed by atoms with Gasteiger partial charge < -0.3 is 14.9 Å². The fraction of sp³-hybridized carbons (Fsp3) is 0.818. The van der Waals surface area contributed by atoms with Gasteiger partial charge in [-0.15, -0.1) is 0 Å². The molecule has 0 saturated carbocycles. The van der Waals surface area contributed by atoms with Crippen molar-refractivity contribution >= 4 is 21.8 Å². The first-order valence-electron chi connectivity index (χ1n) is 6.32. The van der Waals surface area contributed by atoms with Crippen LogP contribution in [0.4, 0.5) is 4.79 Å². The Labute approximate surface area is 112 Å². The molecule has 1 unspecified atom stereocenters. The lowest BCUT2D eigenvalue weighted by molar-refractivity contribution is -0.141. The number of likely N-dealkylation sites (tertiary alicyclic amines) is 1. The lowest BCUT2D eigenvalue weighted by Gasteiger charge is -2.37. The van der Waals surface area contributed by atoms with Crippen LogP contribution in [-0.2, 0) is 14.6 Å². The Morgan fingerprint density at radius 1 is 1.21 bits per heavy atom. The largest absolute Gasteiger partial charge is 0.480 e. The van der Waals surface area contributed by atoms with Crippen LogP contribution in [0.1, 0.15) is 19.8 Å². The zero-order valence-electron chi connectivity index (χ0n) is 10.8. The highest BCUT2D eigenvalue weighted by molar-refractivity contribution is 7.91. The maximum Gasteiger partial charge on any atom is 0.326 e. The van der Waals surface area contributed by atoms with Gasteiger partial charge in [-0.2, -0.15) is 0 Å². The van der Waals surface area contributed by atoms with Crippen LogP contribution in [0.15, 0.2) is 0 Å². The third kappa shape index (κ3) is 2.83. The van der Waals surface area contributed by atoms with Gasteiger partial charge >= 0.3 is 12.0 Å². The Kier molecular flexibility index (Phi) is 3.71. The van der Waals surface area contributed by atoms with E-state index in [2.05, 4.69) is 0 Å². The van der Waals surface area contributed by atoms with Gasteiger partial charge in [-0.3, -0.25) is 0 Å². The van der Waals surface area contributed by atoms with Gasteiger partial charge in [-0.25, -0.2) is 18.0 Å². The standard InChI is InChI=1S/C11H18N2O5S/c1-8-7-19(17,18)6-5-12(8)11(16)13-4-2-3-9(13)10(14)15/h8-9H,2-7H2,1H3,(H,14,15)/t8?,9-/m0/s1. The molecule has 2 atom stereocenters. The Balaban J connectivity index is 2.10. The first kappa shape index (κ1) is 14.1. The van der Waals surface area contributed by atoms with Crippen LogP contribution in [0, 0.1) is 0 Å². The van der Waals surface area contributed by atoms with Gasteiger partial charge in [-0.05, 0) is 19.8 Å². The quantitative estimate of drug-likeness (QED) is 0.720. The summed E-state index contributed by atoms with van der Waals surface area (Å²) in [6, 6.07) is -1.54. The van der Waals surface area contributed by atoms with Crippen LogP contribution >= 0.6 is 0 Å². The highest BCUT2D eigenvalue weighted by atomic mass is 32.2. The van der Waals surface area contributed by atoms with E-state index in [1.807, 2.05) is 0 Å². The summed E-state index contributed by atoms with van der Waals surface area (Å²) in [6.07, 6.45) is 1.13. The van der Waals surface area contributed by atoms with E-state index in [0.29, 0.717) is 19.4 Å². The predicted molar refractivity (Wildman–Crippen MR) is 67.6 cm³/mol. The number of sulfone groups is 1. The molecule has 2 amide bonds. The maximum atomic E-state index is 12.3. The number of carboxylic acid groups (broad SMARTS) is 1. The number of amides is 2. The Morgan fingerprint density at radius 3 is 2.47 bits per heavy atom. The molecule has 0 aromatic carbocycles. The SMILES string of the molecule is CC1CS(=O)(=O)CCN1C(=O)N1CCC[C@H]1C(=O)O. The number of nitrogens with zero attached hydrogens (tertiary/aromatic N) is 2. The molecular weight excluding hydrogens is 272 g/mol. The molecule has 0 spiro atoms. The van der Waals surface area contributed by atoms with E-state index in [1.165, 1.54) is 9.80 Å². The smallest absolute Gasteiger partial charge is 0.326 e. The van der Waals surface area contributed by atoms with Crippen molar-refractivity contribution in [2.75, 3.05) is 24.6 Å². The number of rotatable bonds is 1. The minimum atomic E-state index is -3.08. The molecule has 0 aromatic heterocycles. The van der Waals surface area contributed by atoms with E-state index in [4.69, 9.17) is 5.11 Å². The molecule has 0 aliphatic carbocycles. The van der Waals surface area contributed by atoms with Gasteiger partial charge in [0.1, 0.15) is 6.04 Å². The van der Waals surface area contributed by atoms with Gasteiger partial charge in [0.2, 0.25) is 0 Å². The summed E-state index contributed by atoms with van der Waals surface area (Å²) in [5, 5.41) is 9.07. The lowest BCUT2D eigenvalue weighted by atomic mass is 10.2. The summed E-state index contributed by atoms with van der Waals surface area (Å²) in [4.78, 5) is 26.2. The summed E-state index contributed by atoms with van der Waals surface area (Å²) < 4.78 is 23.0. The van der Waals surface area contributed by atoms with Crippen molar-refractivity contribution in [1.82, 2.24) is 9.80 Å². The second-order valence-electron chi connectivity index (χ2n) is 5.13. The third-order valence-corrected chi connectivity index (χ3v) is 5.49. The highest BCUT2D eigenvalue weighted by Gasteiger charge is 2.39. The number of carbonyl (C=O) groups excluding carboxylic acids is 1. The Hall–Kier alpha value is -1.31. The van der Waals surface area contributed by atoms with E-state index in [1.54, 1.807) is 6.92 Å². The number of aliphatic carboxylic acids is 1. The van der Waals surface area contributed by atoms with E-state index in [-0.39, 0.29) is 24.1 Å². The van der Waals surface area contributed by atoms with E-state index >= 15 is 0 Å². The molecule has 19 heavy (non-hydrogen) atoms. The van der Waals surface area contributed by atoms with Crippen LogP contribution in [0.3, 0.4) is 0 Å². The molecule has 7 nitrogen and oxygen atoms in total. The molecule has 0 aromatic rings. The first-order chi connectivity index (χ1) is 8.82. The summed E-state index contributed by atoms with van der Waals surface area (Å²) in [7, 11) is -3.08. The molecule has 8 heteroatoms. The number of carboxylic acids is 1. The van der Waals surface area contributed by atoms with Crippen molar-refractivity contribution < 1.29 is 23.1 Å². The first-order valence-corrected chi connectivity index (χ1v) is 8.14. The average Bonchev–Trinajstić information content (AvgIpc) is 2.75. The predicted octanol–water partition coefficient (Wildman–Crippen LogP) is -0.226. The molecule has 2 fully saturated rings. The van der Waals surface area contributed by atoms with Crippen molar-refractivity contribution in [3.05, 3.63) is 0 Å². The molecular formula is C11H18N2O5S. The van der Waals surface area contributed by atoms with Gasteiger partial charge in [0.05, 0.1) is 11.5 Å². The summed E-state index contributed by atoms with van der Waals surface area (Å²) >= 11 is 0. The second-order valence-corrected chi connectivity index (χ2v) is 7.36. The summed E-state index contributed by atoms with van der Waals surface area (Å²) in [5.74, 6) is -1.10. The summed E-state index contributed by atoms with van der Waals surface area (Å²) in [5.41, 5.74) is 0. The summed E-state index contributed by atoms with van der Waals surface area (Å²) in [6.45, 7) is 2.25. The average molecular weight is 290 g/mol. The van der Waals surface area contributed by atoms with Crippen molar-refractivity contribution in [2.24, 2.45) is 0 Å².